The van der Waals surface area contributed by atoms with Crippen LogP contribution in [-0.2, 0) is 0 Å². The van der Waals surface area contributed by atoms with Crippen LogP contribution >= 0.6 is 11.3 Å². The fraction of sp³-hybridized carbons (Fsp3) is 0.714. The summed E-state index contributed by atoms with van der Waals surface area (Å²) in [4.78, 5) is 5.14. The average Bonchev–Trinajstić information content (AvgIpc) is 2.93. The van der Waals surface area contributed by atoms with Crippen LogP contribution in [-0.4, -0.2) is 48.6 Å². The molecule has 0 spiro atoms. The van der Waals surface area contributed by atoms with E-state index in [1.165, 1.54) is 25.1 Å². The normalized spacial score (nSPS) is 21.9. The highest BCUT2D eigenvalue weighted by Crippen LogP contribution is 2.23. The lowest BCUT2D eigenvalue weighted by Gasteiger charge is -2.41. The summed E-state index contributed by atoms with van der Waals surface area (Å²) in [5, 5.41) is 4.38. The number of nitrogens with two attached hydrogens (primary N) is 1. The summed E-state index contributed by atoms with van der Waals surface area (Å²) in [5.74, 6) is 0. The second-order valence-electron chi connectivity index (χ2n) is 5.14. The van der Waals surface area contributed by atoms with Crippen molar-refractivity contribution in [2.45, 2.75) is 32.4 Å². The zero-order valence-corrected chi connectivity index (χ0v) is 12.3. The number of nitrogens with zero attached hydrogens (tertiary/aromatic N) is 2. The van der Waals surface area contributed by atoms with Crippen LogP contribution in [0, 0.1) is 0 Å². The van der Waals surface area contributed by atoms with Crippen molar-refractivity contribution in [3.63, 3.8) is 0 Å². The van der Waals surface area contributed by atoms with E-state index in [0.717, 1.165) is 19.6 Å². The lowest BCUT2D eigenvalue weighted by molar-refractivity contribution is 0.0745. The molecule has 2 rings (SSSR count). The molecule has 0 amide bonds. The molecule has 0 saturated carbocycles. The predicted molar refractivity (Wildman–Crippen MR) is 79.0 cm³/mol. The van der Waals surface area contributed by atoms with E-state index in [1.807, 2.05) is 0 Å². The fourth-order valence-corrected chi connectivity index (χ4v) is 3.42. The van der Waals surface area contributed by atoms with Crippen molar-refractivity contribution in [1.82, 2.24) is 9.80 Å². The van der Waals surface area contributed by atoms with Gasteiger partial charge >= 0.3 is 0 Å². The first-order chi connectivity index (χ1) is 8.76. The summed E-state index contributed by atoms with van der Waals surface area (Å²) >= 11 is 1.76. The third kappa shape index (κ3) is 3.12. The van der Waals surface area contributed by atoms with Crippen molar-refractivity contribution in [3.8, 4) is 0 Å². The number of hydrogen-bond acceptors (Lipinski definition) is 4. The summed E-state index contributed by atoms with van der Waals surface area (Å²) in [5.41, 5.74) is 7.35. The Balaban J connectivity index is 1.92. The van der Waals surface area contributed by atoms with Crippen LogP contribution in [0.15, 0.2) is 16.8 Å². The van der Waals surface area contributed by atoms with Gasteiger partial charge in [0.2, 0.25) is 0 Å². The lowest BCUT2D eigenvalue weighted by atomic mass is 10.1. The Bertz CT molecular complexity index is 331. The van der Waals surface area contributed by atoms with E-state index in [4.69, 9.17) is 5.73 Å². The minimum Gasteiger partial charge on any atom is -0.329 e. The number of piperazine rings is 1. The molecule has 2 atom stereocenters. The van der Waals surface area contributed by atoms with Gasteiger partial charge in [0.15, 0.2) is 0 Å². The van der Waals surface area contributed by atoms with Crippen LogP contribution in [0.3, 0.4) is 0 Å². The molecule has 2 N–H and O–H groups in total. The molecular formula is C14H25N3S. The van der Waals surface area contributed by atoms with Gasteiger partial charge < -0.3 is 5.73 Å². The van der Waals surface area contributed by atoms with Gasteiger partial charge in [0, 0.05) is 44.8 Å². The summed E-state index contributed by atoms with van der Waals surface area (Å²) in [6.07, 6.45) is 1.24. The van der Waals surface area contributed by atoms with Crippen molar-refractivity contribution < 1.29 is 0 Å². The standard InChI is InChI=1S/C14H25N3S/c1-3-12(2)16-5-7-17(8-6-16)14(10-15)13-4-9-18-11-13/h4,9,11-12,14H,3,5-8,10,15H2,1-2H3. The first kappa shape index (κ1) is 14.0. The Labute approximate surface area is 115 Å². The van der Waals surface area contributed by atoms with Crippen molar-refractivity contribution in [3.05, 3.63) is 22.4 Å². The minimum absolute atomic E-state index is 0.412. The second-order valence-corrected chi connectivity index (χ2v) is 5.92. The Morgan fingerprint density at radius 1 is 1.28 bits per heavy atom. The van der Waals surface area contributed by atoms with Crippen LogP contribution in [0.25, 0.3) is 0 Å². The van der Waals surface area contributed by atoms with Gasteiger partial charge in [-0.3, -0.25) is 9.80 Å². The molecule has 0 radical (unpaired) electrons. The maximum absolute atomic E-state index is 5.96. The van der Waals surface area contributed by atoms with Crippen molar-refractivity contribution >= 4 is 11.3 Å². The largest absolute Gasteiger partial charge is 0.329 e. The topological polar surface area (TPSA) is 32.5 Å². The van der Waals surface area contributed by atoms with Gasteiger partial charge in [-0.2, -0.15) is 11.3 Å². The molecule has 1 fully saturated rings. The van der Waals surface area contributed by atoms with Gasteiger partial charge in [-0.1, -0.05) is 6.92 Å². The van der Waals surface area contributed by atoms with Gasteiger partial charge in [0.25, 0.3) is 0 Å². The van der Waals surface area contributed by atoms with Crippen molar-refractivity contribution in [1.29, 1.82) is 0 Å². The summed E-state index contributed by atoms with van der Waals surface area (Å²) in [6, 6.07) is 3.34. The Kier molecular flexibility index (Phi) is 5.18. The van der Waals surface area contributed by atoms with Crippen molar-refractivity contribution in [2.24, 2.45) is 5.73 Å². The van der Waals surface area contributed by atoms with Crippen LogP contribution in [0.1, 0.15) is 31.9 Å². The molecule has 1 saturated heterocycles. The van der Waals surface area contributed by atoms with Gasteiger partial charge in [0.05, 0.1) is 0 Å². The molecule has 102 valence electrons. The molecule has 1 aliphatic heterocycles. The highest BCUT2D eigenvalue weighted by Gasteiger charge is 2.25. The first-order valence-corrected chi connectivity index (χ1v) is 7.90. The maximum atomic E-state index is 5.96. The van der Waals surface area contributed by atoms with Gasteiger partial charge in [-0.05, 0) is 35.7 Å². The number of thiophene rings is 1. The number of rotatable bonds is 5. The van der Waals surface area contributed by atoms with Crippen LogP contribution in [0.4, 0.5) is 0 Å². The summed E-state index contributed by atoms with van der Waals surface area (Å²) < 4.78 is 0. The van der Waals surface area contributed by atoms with Gasteiger partial charge in [0.1, 0.15) is 0 Å². The molecule has 1 aliphatic rings. The van der Waals surface area contributed by atoms with Gasteiger partial charge in [-0.15, -0.1) is 0 Å². The van der Waals surface area contributed by atoms with E-state index in [9.17, 15) is 0 Å². The molecule has 3 nitrogen and oxygen atoms in total. The van der Waals surface area contributed by atoms with Crippen LogP contribution < -0.4 is 5.73 Å². The SMILES string of the molecule is CCC(C)N1CCN(C(CN)c2ccsc2)CC1. The highest BCUT2D eigenvalue weighted by molar-refractivity contribution is 7.07. The maximum Gasteiger partial charge on any atom is 0.0479 e. The summed E-state index contributed by atoms with van der Waals surface area (Å²) in [6.45, 7) is 9.95. The fourth-order valence-electron chi connectivity index (χ4n) is 2.71. The molecule has 1 aromatic heterocycles. The van der Waals surface area contributed by atoms with E-state index in [2.05, 4.69) is 40.5 Å². The lowest BCUT2D eigenvalue weighted by Crippen LogP contribution is -2.51. The van der Waals surface area contributed by atoms with Crippen LogP contribution in [0.5, 0.6) is 0 Å². The third-order valence-electron chi connectivity index (χ3n) is 4.16. The molecule has 18 heavy (non-hydrogen) atoms. The highest BCUT2D eigenvalue weighted by atomic mass is 32.1. The van der Waals surface area contributed by atoms with Crippen molar-refractivity contribution in [2.75, 3.05) is 32.7 Å². The van der Waals surface area contributed by atoms with Gasteiger partial charge in [-0.25, -0.2) is 0 Å². The molecule has 1 aromatic rings. The van der Waals surface area contributed by atoms with E-state index in [-0.39, 0.29) is 0 Å². The Hall–Kier alpha value is -0.420. The van der Waals surface area contributed by atoms with E-state index >= 15 is 0 Å². The Morgan fingerprint density at radius 2 is 1.94 bits per heavy atom. The van der Waals surface area contributed by atoms with E-state index < -0.39 is 0 Å². The first-order valence-electron chi connectivity index (χ1n) is 6.96. The molecule has 0 aromatic carbocycles. The smallest absolute Gasteiger partial charge is 0.0479 e. The number of hydrogen-bond donors (Lipinski definition) is 1. The quantitative estimate of drug-likeness (QED) is 0.887. The zero-order valence-electron chi connectivity index (χ0n) is 11.5. The molecule has 0 bridgehead atoms. The average molecular weight is 267 g/mol. The molecule has 0 aliphatic carbocycles. The monoisotopic (exact) mass is 267 g/mol. The van der Waals surface area contributed by atoms with E-state index in [0.29, 0.717) is 12.1 Å². The molecule has 2 unspecified atom stereocenters. The summed E-state index contributed by atoms with van der Waals surface area (Å²) in [7, 11) is 0. The zero-order chi connectivity index (χ0) is 13.0. The minimum atomic E-state index is 0.412. The second kappa shape index (κ2) is 6.66. The van der Waals surface area contributed by atoms with E-state index in [1.54, 1.807) is 11.3 Å². The third-order valence-corrected chi connectivity index (χ3v) is 4.86. The molecule has 4 heteroatoms. The molecular weight excluding hydrogens is 242 g/mol. The Morgan fingerprint density at radius 3 is 2.44 bits per heavy atom. The van der Waals surface area contributed by atoms with Crippen LogP contribution in [0.2, 0.25) is 0 Å². The predicted octanol–water partition coefficient (Wildman–Crippen LogP) is 2.16. The molecule has 2 heterocycles.